The van der Waals surface area contributed by atoms with Crippen molar-refractivity contribution in [1.29, 1.82) is 0 Å². The van der Waals surface area contributed by atoms with Gasteiger partial charge >= 0.3 is 0 Å². The van der Waals surface area contributed by atoms with Gasteiger partial charge in [-0.25, -0.2) is 0 Å². The Morgan fingerprint density at radius 1 is 1.28 bits per heavy atom. The van der Waals surface area contributed by atoms with Gasteiger partial charge in [0.25, 0.3) is 0 Å². The molecule has 0 bridgehead atoms. The number of amides is 2. The summed E-state index contributed by atoms with van der Waals surface area (Å²) in [5.41, 5.74) is 3.58. The number of rotatable bonds is 6. The molecule has 3 rings (SSSR count). The van der Waals surface area contributed by atoms with Gasteiger partial charge in [0.2, 0.25) is 11.8 Å². The van der Waals surface area contributed by atoms with E-state index in [1.165, 1.54) is 18.1 Å². The van der Waals surface area contributed by atoms with Crippen LogP contribution in [0.1, 0.15) is 60.3 Å². The van der Waals surface area contributed by atoms with Gasteiger partial charge in [0.05, 0.1) is 7.11 Å². The number of methoxy groups -OCH3 is 1. The first-order chi connectivity index (χ1) is 13.7. The van der Waals surface area contributed by atoms with Crippen LogP contribution in [0.5, 0.6) is 0 Å². The molecule has 4 unspecified atom stereocenters. The number of fused-ring (bicyclic) bond motifs is 1. The zero-order valence-corrected chi connectivity index (χ0v) is 18.7. The molecule has 0 aromatic carbocycles. The van der Waals surface area contributed by atoms with Gasteiger partial charge in [0, 0.05) is 36.9 Å². The Morgan fingerprint density at radius 3 is 2.59 bits per heavy atom. The fourth-order valence-corrected chi connectivity index (χ4v) is 5.20. The molecule has 1 aliphatic heterocycles. The molecule has 0 saturated carbocycles. The summed E-state index contributed by atoms with van der Waals surface area (Å²) in [5, 5.41) is 6.08. The fourth-order valence-electron chi connectivity index (χ4n) is 5.20. The number of hydrogen-bond acceptors (Lipinski definition) is 3. The Hall–Kier alpha value is -2.04. The molecule has 0 spiro atoms. The third-order valence-corrected chi connectivity index (χ3v) is 6.70. The normalized spacial score (nSPS) is 29.4. The molecule has 0 aromatic heterocycles. The molecule has 2 aliphatic carbocycles. The van der Waals surface area contributed by atoms with E-state index in [1.807, 2.05) is 0 Å². The second-order valence-electron chi connectivity index (χ2n) is 9.48. The zero-order valence-electron chi connectivity index (χ0n) is 18.7. The molecule has 0 radical (unpaired) electrons. The molecule has 1 fully saturated rings. The van der Waals surface area contributed by atoms with Crippen LogP contribution in [0.2, 0.25) is 0 Å². The monoisotopic (exact) mass is 400 g/mol. The lowest BCUT2D eigenvalue weighted by Gasteiger charge is -2.33. The Kier molecular flexibility index (Phi) is 6.55. The maximum absolute atomic E-state index is 12.8. The molecule has 5 nitrogen and oxygen atoms in total. The molecule has 1 heterocycles. The van der Waals surface area contributed by atoms with Crippen molar-refractivity contribution >= 4 is 11.8 Å². The molecular weight excluding hydrogens is 364 g/mol. The Morgan fingerprint density at radius 2 is 2.00 bits per heavy atom. The predicted octanol–water partition coefficient (Wildman–Crippen LogP) is 4.08. The fraction of sp³-hybridized carbons (Fsp3) is 0.667. The minimum atomic E-state index is -0.0513. The van der Waals surface area contributed by atoms with Crippen molar-refractivity contribution in [3.63, 3.8) is 0 Å². The standard InChI is InChI=1S/C24H36N2O3/c1-13(2)19-9-16(10-20(14(3)4)23(19)29-6)11-21-18-8-7-17(25-15(5)27)12-22(18)26-24(21)28/h7,9,13-14,18,20-22H,8,10-12H2,1-6H3,(H,25,27)(H,26,28). The molecule has 29 heavy (non-hydrogen) atoms. The predicted molar refractivity (Wildman–Crippen MR) is 115 cm³/mol. The smallest absolute Gasteiger partial charge is 0.224 e. The van der Waals surface area contributed by atoms with Gasteiger partial charge in [0.1, 0.15) is 5.76 Å². The quantitative estimate of drug-likeness (QED) is 0.706. The number of carbonyl (C=O) groups excluding carboxylic acids is 2. The van der Waals surface area contributed by atoms with E-state index < -0.39 is 0 Å². The van der Waals surface area contributed by atoms with Crippen LogP contribution in [0.3, 0.4) is 0 Å². The highest BCUT2D eigenvalue weighted by atomic mass is 16.5. The zero-order chi connectivity index (χ0) is 21.3. The summed E-state index contributed by atoms with van der Waals surface area (Å²) in [7, 11) is 1.78. The molecule has 2 amide bonds. The third kappa shape index (κ3) is 4.59. The topological polar surface area (TPSA) is 67.4 Å². The number of ether oxygens (including phenoxy) is 1. The number of nitrogens with one attached hydrogen (secondary N) is 2. The van der Waals surface area contributed by atoms with Crippen LogP contribution in [0, 0.1) is 29.6 Å². The van der Waals surface area contributed by atoms with Crippen LogP contribution in [0.4, 0.5) is 0 Å². The molecule has 5 heteroatoms. The van der Waals surface area contributed by atoms with Crippen molar-refractivity contribution in [3.8, 4) is 0 Å². The molecule has 1 saturated heterocycles. The van der Waals surface area contributed by atoms with Crippen molar-refractivity contribution < 1.29 is 14.3 Å². The van der Waals surface area contributed by atoms with Crippen LogP contribution in [-0.4, -0.2) is 25.0 Å². The van der Waals surface area contributed by atoms with E-state index in [1.54, 1.807) is 7.11 Å². The van der Waals surface area contributed by atoms with E-state index in [4.69, 9.17) is 4.74 Å². The highest BCUT2D eigenvalue weighted by molar-refractivity contribution is 5.82. The van der Waals surface area contributed by atoms with Gasteiger partial charge in [-0.15, -0.1) is 0 Å². The lowest BCUT2D eigenvalue weighted by molar-refractivity contribution is -0.123. The molecule has 160 valence electrons. The summed E-state index contributed by atoms with van der Waals surface area (Å²) >= 11 is 0. The van der Waals surface area contributed by atoms with Crippen molar-refractivity contribution in [1.82, 2.24) is 10.6 Å². The molecule has 2 N–H and O–H groups in total. The van der Waals surface area contributed by atoms with E-state index in [2.05, 4.69) is 50.5 Å². The van der Waals surface area contributed by atoms with Gasteiger partial charge in [-0.1, -0.05) is 45.4 Å². The first kappa shape index (κ1) is 21.7. The van der Waals surface area contributed by atoms with Gasteiger partial charge < -0.3 is 15.4 Å². The van der Waals surface area contributed by atoms with Crippen LogP contribution in [0.15, 0.2) is 34.8 Å². The van der Waals surface area contributed by atoms with Gasteiger partial charge in [-0.3, -0.25) is 9.59 Å². The van der Waals surface area contributed by atoms with Crippen LogP contribution >= 0.6 is 0 Å². The molecule has 4 atom stereocenters. The summed E-state index contributed by atoms with van der Waals surface area (Å²) in [6.45, 7) is 10.4. The third-order valence-electron chi connectivity index (χ3n) is 6.70. The Bertz CT molecular complexity index is 760. The summed E-state index contributed by atoms with van der Waals surface area (Å²) in [6.07, 6.45) is 7.72. The Labute approximate surface area is 175 Å². The minimum Gasteiger partial charge on any atom is -0.500 e. The van der Waals surface area contributed by atoms with E-state index in [0.29, 0.717) is 30.1 Å². The van der Waals surface area contributed by atoms with E-state index in [0.717, 1.165) is 30.7 Å². The number of hydrogen-bond donors (Lipinski definition) is 2. The van der Waals surface area contributed by atoms with Crippen molar-refractivity contribution in [2.45, 2.75) is 66.3 Å². The van der Waals surface area contributed by atoms with Crippen LogP contribution < -0.4 is 10.6 Å². The molecular formula is C24H36N2O3. The number of carbonyl (C=O) groups is 2. The summed E-state index contributed by atoms with van der Waals surface area (Å²) < 4.78 is 5.82. The Balaban J connectivity index is 1.80. The highest BCUT2D eigenvalue weighted by Crippen LogP contribution is 2.43. The second-order valence-corrected chi connectivity index (χ2v) is 9.48. The SMILES string of the molecule is COC1=C(C(C)C)C=C(CC2C(=O)NC3CC(NC(C)=O)=CCC32)CC1C(C)C. The first-order valence-electron chi connectivity index (χ1n) is 11.0. The average molecular weight is 401 g/mol. The summed E-state index contributed by atoms with van der Waals surface area (Å²) in [5.74, 6) is 2.79. The minimum absolute atomic E-state index is 0.00620. The first-order valence-corrected chi connectivity index (χ1v) is 11.0. The van der Waals surface area contributed by atoms with Gasteiger partial charge in [-0.05, 0) is 42.6 Å². The van der Waals surface area contributed by atoms with Crippen LogP contribution in [-0.2, 0) is 14.3 Å². The summed E-state index contributed by atoms with van der Waals surface area (Å²) in [4.78, 5) is 24.2. The maximum Gasteiger partial charge on any atom is 0.224 e. The number of allylic oxidation sites excluding steroid dienone is 5. The molecule has 3 aliphatic rings. The van der Waals surface area contributed by atoms with Crippen molar-refractivity contribution in [2.24, 2.45) is 29.6 Å². The summed E-state index contributed by atoms with van der Waals surface area (Å²) in [6, 6.07) is 0.124. The second kappa shape index (κ2) is 8.76. The van der Waals surface area contributed by atoms with Crippen molar-refractivity contribution in [2.75, 3.05) is 7.11 Å². The lowest BCUT2D eigenvalue weighted by atomic mass is 9.74. The largest absolute Gasteiger partial charge is 0.500 e. The van der Waals surface area contributed by atoms with E-state index in [9.17, 15) is 9.59 Å². The molecule has 0 aromatic rings. The van der Waals surface area contributed by atoms with E-state index >= 15 is 0 Å². The lowest BCUT2D eigenvalue weighted by Crippen LogP contribution is -2.35. The average Bonchev–Trinajstić information content (AvgIpc) is 2.94. The van der Waals surface area contributed by atoms with Gasteiger partial charge in [-0.2, -0.15) is 0 Å². The van der Waals surface area contributed by atoms with Crippen LogP contribution in [0.25, 0.3) is 0 Å². The van der Waals surface area contributed by atoms with Gasteiger partial charge in [0.15, 0.2) is 0 Å². The maximum atomic E-state index is 12.8. The van der Waals surface area contributed by atoms with Crippen molar-refractivity contribution in [3.05, 3.63) is 34.8 Å². The van der Waals surface area contributed by atoms with E-state index in [-0.39, 0.29) is 23.8 Å². The highest BCUT2D eigenvalue weighted by Gasteiger charge is 2.44.